The molecule has 3 heteroatoms. The van der Waals surface area contributed by atoms with Crippen LogP contribution in [0.4, 0.5) is 4.79 Å². The number of carbonyl (C=O) groups excluding carboxylic acids is 1. The molecule has 0 amide bonds. The van der Waals surface area contributed by atoms with Crippen LogP contribution in [0.2, 0.25) is 0 Å². The van der Waals surface area contributed by atoms with Crippen molar-refractivity contribution in [2.45, 2.75) is 19.8 Å². The van der Waals surface area contributed by atoms with E-state index < -0.39 is 6.16 Å². The number of benzene rings is 1. The zero-order valence-corrected chi connectivity index (χ0v) is 9.60. The van der Waals surface area contributed by atoms with Gasteiger partial charge >= 0.3 is 6.16 Å². The molecule has 3 nitrogen and oxygen atoms in total. The van der Waals surface area contributed by atoms with Crippen LogP contribution < -0.4 is 4.74 Å². The van der Waals surface area contributed by atoms with Gasteiger partial charge in [0.1, 0.15) is 12.4 Å². The Kier molecular flexibility index (Phi) is 4.58. The summed E-state index contributed by atoms with van der Waals surface area (Å²) in [5.41, 5.74) is 1.20. The molecule has 0 fully saturated rings. The Morgan fingerprint density at radius 2 is 2.00 bits per heavy atom. The molecule has 0 aliphatic carbocycles. The van der Waals surface area contributed by atoms with Crippen LogP contribution in [0.5, 0.6) is 5.75 Å². The van der Waals surface area contributed by atoms with E-state index in [4.69, 9.17) is 9.47 Å². The molecule has 0 aliphatic rings. The zero-order valence-electron chi connectivity index (χ0n) is 9.60. The van der Waals surface area contributed by atoms with Gasteiger partial charge in [-0.1, -0.05) is 38.6 Å². The van der Waals surface area contributed by atoms with E-state index >= 15 is 0 Å². The first-order valence-corrected chi connectivity index (χ1v) is 5.19. The monoisotopic (exact) mass is 220 g/mol. The van der Waals surface area contributed by atoms with Crippen molar-refractivity contribution in [2.24, 2.45) is 0 Å². The van der Waals surface area contributed by atoms with Crippen molar-refractivity contribution in [2.75, 3.05) is 6.61 Å². The third kappa shape index (κ3) is 3.77. The van der Waals surface area contributed by atoms with Crippen LogP contribution in [0.15, 0.2) is 36.9 Å². The largest absolute Gasteiger partial charge is 0.514 e. The van der Waals surface area contributed by atoms with E-state index in [1.54, 1.807) is 12.1 Å². The highest BCUT2D eigenvalue weighted by atomic mass is 16.7. The van der Waals surface area contributed by atoms with Crippen LogP contribution in [-0.2, 0) is 4.74 Å². The summed E-state index contributed by atoms with van der Waals surface area (Å²) in [6, 6.07) is 7.37. The van der Waals surface area contributed by atoms with Crippen LogP contribution >= 0.6 is 0 Å². The molecule has 1 aromatic rings. The smallest absolute Gasteiger partial charge is 0.430 e. The van der Waals surface area contributed by atoms with E-state index in [1.165, 1.54) is 11.6 Å². The van der Waals surface area contributed by atoms with Crippen molar-refractivity contribution < 1.29 is 14.3 Å². The molecule has 0 spiro atoms. The zero-order chi connectivity index (χ0) is 12.0. The molecule has 0 saturated heterocycles. The molecule has 16 heavy (non-hydrogen) atoms. The molecule has 0 radical (unpaired) electrons. The maximum atomic E-state index is 11.1. The summed E-state index contributed by atoms with van der Waals surface area (Å²) in [7, 11) is 0. The molecular formula is C13H16O3. The predicted octanol–water partition coefficient (Wildman–Crippen LogP) is 3.51. The lowest BCUT2D eigenvalue weighted by molar-refractivity contribution is 0.109. The van der Waals surface area contributed by atoms with Crippen LogP contribution in [0.25, 0.3) is 0 Å². The van der Waals surface area contributed by atoms with Gasteiger partial charge in [0.2, 0.25) is 0 Å². The molecule has 0 heterocycles. The molecule has 0 unspecified atom stereocenters. The average molecular weight is 220 g/mol. The molecule has 0 atom stereocenters. The van der Waals surface area contributed by atoms with Crippen molar-refractivity contribution in [1.29, 1.82) is 0 Å². The van der Waals surface area contributed by atoms with Crippen LogP contribution in [0.1, 0.15) is 25.3 Å². The van der Waals surface area contributed by atoms with E-state index in [0.29, 0.717) is 11.7 Å². The van der Waals surface area contributed by atoms with Gasteiger partial charge in [-0.05, 0) is 23.6 Å². The molecule has 0 N–H and O–H groups in total. The van der Waals surface area contributed by atoms with Gasteiger partial charge in [-0.2, -0.15) is 0 Å². The molecule has 1 aromatic carbocycles. The maximum absolute atomic E-state index is 11.1. The summed E-state index contributed by atoms with van der Waals surface area (Å²) in [5.74, 6) is 0.945. The number of carbonyl (C=O) groups is 1. The summed E-state index contributed by atoms with van der Waals surface area (Å²) in [5, 5.41) is 0. The van der Waals surface area contributed by atoms with Crippen molar-refractivity contribution in [3.8, 4) is 5.75 Å². The van der Waals surface area contributed by atoms with Crippen molar-refractivity contribution >= 4 is 6.16 Å². The summed E-state index contributed by atoms with van der Waals surface area (Å²) < 4.78 is 9.64. The maximum Gasteiger partial charge on any atom is 0.514 e. The second kappa shape index (κ2) is 5.95. The normalized spacial score (nSPS) is 9.94. The summed E-state index contributed by atoms with van der Waals surface area (Å²) in [4.78, 5) is 11.1. The van der Waals surface area contributed by atoms with E-state index in [0.717, 1.165) is 0 Å². The Morgan fingerprint density at radius 3 is 2.50 bits per heavy atom. The minimum absolute atomic E-state index is 0.156. The number of hydrogen-bond acceptors (Lipinski definition) is 3. The quantitative estimate of drug-likeness (QED) is 0.442. The van der Waals surface area contributed by atoms with E-state index in [2.05, 4.69) is 20.4 Å². The topological polar surface area (TPSA) is 35.5 Å². The van der Waals surface area contributed by atoms with Gasteiger partial charge in [-0.3, -0.25) is 0 Å². The van der Waals surface area contributed by atoms with Gasteiger partial charge in [0.05, 0.1) is 0 Å². The van der Waals surface area contributed by atoms with E-state index in [9.17, 15) is 4.79 Å². The minimum Gasteiger partial charge on any atom is -0.430 e. The summed E-state index contributed by atoms with van der Waals surface area (Å²) in [6.45, 7) is 7.80. The lowest BCUT2D eigenvalue weighted by atomic mass is 10.0. The number of ether oxygens (including phenoxy) is 2. The van der Waals surface area contributed by atoms with Crippen LogP contribution in [0, 0.1) is 0 Å². The highest BCUT2D eigenvalue weighted by molar-refractivity contribution is 5.63. The first-order valence-electron chi connectivity index (χ1n) is 5.19. The van der Waals surface area contributed by atoms with Gasteiger partial charge in [0.25, 0.3) is 0 Å². The molecule has 1 rings (SSSR count). The Hall–Kier alpha value is -1.77. The van der Waals surface area contributed by atoms with E-state index in [1.807, 2.05) is 12.1 Å². The average Bonchev–Trinajstić information content (AvgIpc) is 2.27. The third-order valence-electron chi connectivity index (χ3n) is 2.07. The van der Waals surface area contributed by atoms with Crippen LogP contribution in [0.3, 0.4) is 0 Å². The van der Waals surface area contributed by atoms with Gasteiger partial charge in [0, 0.05) is 0 Å². The lowest BCUT2D eigenvalue weighted by Gasteiger charge is -2.07. The minimum atomic E-state index is -0.711. The third-order valence-corrected chi connectivity index (χ3v) is 2.07. The fourth-order valence-corrected chi connectivity index (χ4v) is 1.17. The lowest BCUT2D eigenvalue weighted by Crippen LogP contribution is -2.10. The van der Waals surface area contributed by atoms with Gasteiger partial charge in [-0.15, -0.1) is 0 Å². The first kappa shape index (κ1) is 12.3. The van der Waals surface area contributed by atoms with Gasteiger partial charge < -0.3 is 9.47 Å². The predicted molar refractivity (Wildman–Crippen MR) is 62.7 cm³/mol. The Morgan fingerprint density at radius 1 is 1.38 bits per heavy atom. The second-order valence-electron chi connectivity index (χ2n) is 3.68. The number of hydrogen-bond donors (Lipinski definition) is 0. The Bertz CT molecular complexity index is 352. The van der Waals surface area contributed by atoms with Gasteiger partial charge in [-0.25, -0.2) is 4.79 Å². The fraction of sp³-hybridized carbons (Fsp3) is 0.308. The number of rotatable bonds is 4. The molecule has 0 bridgehead atoms. The summed E-state index contributed by atoms with van der Waals surface area (Å²) in [6.07, 6.45) is 0.778. The van der Waals surface area contributed by atoms with Crippen LogP contribution in [-0.4, -0.2) is 12.8 Å². The van der Waals surface area contributed by atoms with Crippen molar-refractivity contribution in [3.63, 3.8) is 0 Å². The van der Waals surface area contributed by atoms with Gasteiger partial charge in [0.15, 0.2) is 0 Å². The Balaban J connectivity index is 2.54. The molecule has 0 aliphatic heterocycles. The molecule has 86 valence electrons. The summed E-state index contributed by atoms with van der Waals surface area (Å²) >= 11 is 0. The highest BCUT2D eigenvalue weighted by Crippen LogP contribution is 2.18. The second-order valence-corrected chi connectivity index (χ2v) is 3.68. The fourth-order valence-electron chi connectivity index (χ4n) is 1.17. The SMILES string of the molecule is C=CCOC(=O)Oc1ccc(C(C)C)cc1. The standard InChI is InChI=1S/C13H16O3/c1-4-9-15-13(14)16-12-7-5-11(6-8-12)10(2)3/h4-8,10H,1,9H2,2-3H3. The first-order chi connectivity index (χ1) is 7.63. The van der Waals surface area contributed by atoms with Crippen molar-refractivity contribution in [1.82, 2.24) is 0 Å². The van der Waals surface area contributed by atoms with E-state index in [-0.39, 0.29) is 6.61 Å². The Labute approximate surface area is 95.7 Å². The molecule has 0 aromatic heterocycles. The molecular weight excluding hydrogens is 204 g/mol. The van der Waals surface area contributed by atoms with Crippen molar-refractivity contribution in [3.05, 3.63) is 42.5 Å². The highest BCUT2D eigenvalue weighted by Gasteiger charge is 2.05. The molecule has 0 saturated carbocycles.